The van der Waals surface area contributed by atoms with Crippen LogP contribution in [0.4, 0.5) is 0 Å². The van der Waals surface area contributed by atoms with Crippen LogP contribution >= 0.6 is 0 Å². The summed E-state index contributed by atoms with van der Waals surface area (Å²) in [5.74, 6) is 1.26. The highest BCUT2D eigenvalue weighted by Gasteiger charge is 2.27. The summed E-state index contributed by atoms with van der Waals surface area (Å²) in [7, 11) is 0. The van der Waals surface area contributed by atoms with Gasteiger partial charge in [0, 0.05) is 11.6 Å². The molecule has 1 aliphatic rings. The van der Waals surface area contributed by atoms with Gasteiger partial charge in [0.2, 0.25) is 11.8 Å². The predicted octanol–water partition coefficient (Wildman–Crippen LogP) is 3.80. The van der Waals surface area contributed by atoms with Crippen LogP contribution in [0.5, 0.6) is 0 Å². The molecule has 0 radical (unpaired) electrons. The number of nitrogens with zero attached hydrogens (tertiary/aromatic N) is 2. The highest BCUT2D eigenvalue weighted by atomic mass is 16.4. The number of aromatic nitrogens is 2. The van der Waals surface area contributed by atoms with Gasteiger partial charge in [0.25, 0.3) is 0 Å². The van der Waals surface area contributed by atoms with Crippen LogP contribution < -0.4 is 5.32 Å². The molecule has 1 saturated carbocycles. The summed E-state index contributed by atoms with van der Waals surface area (Å²) < 4.78 is 5.73. The zero-order valence-corrected chi connectivity index (χ0v) is 12.8. The summed E-state index contributed by atoms with van der Waals surface area (Å²) in [6.07, 6.45) is 5.07. The average Bonchev–Trinajstić information content (AvgIpc) is 2.94. The van der Waals surface area contributed by atoms with Crippen molar-refractivity contribution in [3.05, 3.63) is 36.2 Å². The van der Waals surface area contributed by atoms with E-state index in [1.807, 2.05) is 30.3 Å². The maximum absolute atomic E-state index is 5.73. The second kappa shape index (κ2) is 5.98. The number of hydrogen-bond acceptors (Lipinski definition) is 4. The lowest BCUT2D eigenvalue weighted by Gasteiger charge is -2.35. The van der Waals surface area contributed by atoms with Crippen LogP contribution in [0.3, 0.4) is 0 Å². The van der Waals surface area contributed by atoms with Gasteiger partial charge in [0.1, 0.15) is 0 Å². The summed E-state index contributed by atoms with van der Waals surface area (Å²) >= 11 is 0. The normalized spacial score (nSPS) is 21.3. The third kappa shape index (κ3) is 3.70. The Morgan fingerprint density at radius 2 is 2.05 bits per heavy atom. The number of benzene rings is 1. The van der Waals surface area contributed by atoms with E-state index in [9.17, 15) is 0 Å². The molecule has 1 aromatic heterocycles. The summed E-state index contributed by atoms with van der Waals surface area (Å²) in [6, 6.07) is 10.4. The third-order valence-corrected chi connectivity index (χ3v) is 4.23. The lowest BCUT2D eigenvalue weighted by molar-refractivity contribution is 0.195. The average molecular weight is 285 g/mol. The summed E-state index contributed by atoms with van der Waals surface area (Å²) in [5.41, 5.74) is 1.41. The Hall–Kier alpha value is -1.68. The van der Waals surface area contributed by atoms with E-state index < -0.39 is 0 Å². The molecule has 0 amide bonds. The van der Waals surface area contributed by atoms with Crippen molar-refractivity contribution < 1.29 is 4.42 Å². The van der Waals surface area contributed by atoms with Gasteiger partial charge in [-0.2, -0.15) is 0 Å². The Kier molecular flexibility index (Phi) is 4.06. The van der Waals surface area contributed by atoms with Crippen molar-refractivity contribution in [3.63, 3.8) is 0 Å². The first-order valence-electron chi connectivity index (χ1n) is 7.74. The minimum Gasteiger partial charge on any atom is -0.419 e. The first-order chi connectivity index (χ1) is 10.1. The molecule has 0 spiro atoms. The molecule has 4 heteroatoms. The lowest BCUT2D eigenvalue weighted by atomic mass is 9.75. The van der Waals surface area contributed by atoms with Crippen LogP contribution in [0, 0.1) is 5.41 Å². The second-order valence-electron chi connectivity index (χ2n) is 6.71. The fourth-order valence-corrected chi connectivity index (χ4v) is 3.13. The molecule has 1 heterocycles. The van der Waals surface area contributed by atoms with E-state index in [0.717, 1.165) is 5.56 Å². The standard InChI is InChI=1S/C17H23N3O/c1-17(2)10-6-9-14(11-17)18-12-15-19-20-16(21-15)13-7-4-3-5-8-13/h3-5,7-8,14,18H,6,9-12H2,1-2H3. The molecular formula is C17H23N3O. The fourth-order valence-electron chi connectivity index (χ4n) is 3.13. The van der Waals surface area contributed by atoms with E-state index in [1.165, 1.54) is 25.7 Å². The highest BCUT2D eigenvalue weighted by molar-refractivity contribution is 5.51. The van der Waals surface area contributed by atoms with Crippen LogP contribution in [0.25, 0.3) is 11.5 Å². The molecule has 4 nitrogen and oxygen atoms in total. The van der Waals surface area contributed by atoms with Crippen LogP contribution in [0.15, 0.2) is 34.7 Å². The fraction of sp³-hybridized carbons (Fsp3) is 0.529. The molecule has 0 bridgehead atoms. The smallest absolute Gasteiger partial charge is 0.247 e. The molecule has 0 aliphatic heterocycles. The van der Waals surface area contributed by atoms with E-state index in [1.54, 1.807) is 0 Å². The SMILES string of the molecule is CC1(C)CCCC(NCc2nnc(-c3ccccc3)o2)C1. The van der Waals surface area contributed by atoms with E-state index in [2.05, 4.69) is 29.4 Å². The predicted molar refractivity (Wildman–Crippen MR) is 82.6 cm³/mol. The van der Waals surface area contributed by atoms with Crippen molar-refractivity contribution in [2.24, 2.45) is 5.41 Å². The highest BCUT2D eigenvalue weighted by Crippen LogP contribution is 2.35. The molecule has 1 unspecified atom stereocenters. The van der Waals surface area contributed by atoms with Crippen LogP contribution in [0.2, 0.25) is 0 Å². The Bertz CT molecular complexity index is 577. The minimum atomic E-state index is 0.444. The first-order valence-corrected chi connectivity index (χ1v) is 7.74. The van der Waals surface area contributed by atoms with Crippen molar-refractivity contribution >= 4 is 0 Å². The molecule has 0 saturated heterocycles. The van der Waals surface area contributed by atoms with Gasteiger partial charge in [0.05, 0.1) is 6.54 Å². The van der Waals surface area contributed by atoms with Crippen LogP contribution in [-0.2, 0) is 6.54 Å². The molecule has 1 atom stereocenters. The van der Waals surface area contributed by atoms with E-state index in [-0.39, 0.29) is 0 Å². The zero-order chi connectivity index (χ0) is 14.7. The Labute approximate surface area is 126 Å². The monoisotopic (exact) mass is 285 g/mol. The van der Waals surface area contributed by atoms with Crippen molar-refractivity contribution in [1.82, 2.24) is 15.5 Å². The maximum Gasteiger partial charge on any atom is 0.247 e. The number of nitrogens with one attached hydrogen (secondary N) is 1. The zero-order valence-electron chi connectivity index (χ0n) is 12.8. The van der Waals surface area contributed by atoms with Gasteiger partial charge in [-0.3, -0.25) is 0 Å². The van der Waals surface area contributed by atoms with Crippen molar-refractivity contribution in [1.29, 1.82) is 0 Å². The molecule has 1 N–H and O–H groups in total. The largest absolute Gasteiger partial charge is 0.419 e. The van der Waals surface area contributed by atoms with Gasteiger partial charge in [0.15, 0.2) is 0 Å². The summed E-state index contributed by atoms with van der Waals surface area (Å²) in [4.78, 5) is 0. The number of rotatable bonds is 4. The topological polar surface area (TPSA) is 51.0 Å². The second-order valence-corrected chi connectivity index (χ2v) is 6.71. The summed E-state index contributed by atoms with van der Waals surface area (Å²) in [5, 5.41) is 11.8. The van der Waals surface area contributed by atoms with E-state index in [4.69, 9.17) is 4.42 Å². The molecule has 21 heavy (non-hydrogen) atoms. The molecule has 3 rings (SSSR count). The molecular weight excluding hydrogens is 262 g/mol. The van der Waals surface area contributed by atoms with Crippen molar-refractivity contribution in [3.8, 4) is 11.5 Å². The number of hydrogen-bond donors (Lipinski definition) is 1. The quantitative estimate of drug-likeness (QED) is 0.928. The molecule has 112 valence electrons. The Balaban J connectivity index is 1.58. The van der Waals surface area contributed by atoms with Gasteiger partial charge >= 0.3 is 0 Å². The lowest BCUT2D eigenvalue weighted by Crippen LogP contribution is -2.36. The maximum atomic E-state index is 5.73. The first kappa shape index (κ1) is 14.3. The van der Waals surface area contributed by atoms with E-state index >= 15 is 0 Å². The van der Waals surface area contributed by atoms with E-state index in [0.29, 0.717) is 29.8 Å². The minimum absolute atomic E-state index is 0.444. The van der Waals surface area contributed by atoms with Crippen molar-refractivity contribution in [2.45, 2.75) is 52.1 Å². The van der Waals surface area contributed by atoms with Crippen LogP contribution in [-0.4, -0.2) is 16.2 Å². The van der Waals surface area contributed by atoms with Gasteiger partial charge in [-0.25, -0.2) is 0 Å². The van der Waals surface area contributed by atoms with Gasteiger partial charge in [-0.15, -0.1) is 10.2 Å². The van der Waals surface area contributed by atoms with Crippen molar-refractivity contribution in [2.75, 3.05) is 0 Å². The third-order valence-electron chi connectivity index (χ3n) is 4.23. The molecule has 1 aliphatic carbocycles. The van der Waals surface area contributed by atoms with Gasteiger partial charge in [-0.05, 0) is 36.8 Å². The Morgan fingerprint density at radius 1 is 1.24 bits per heavy atom. The van der Waals surface area contributed by atoms with Gasteiger partial charge < -0.3 is 9.73 Å². The summed E-state index contributed by atoms with van der Waals surface area (Å²) in [6.45, 7) is 5.35. The molecule has 1 aromatic carbocycles. The molecule has 1 fully saturated rings. The van der Waals surface area contributed by atoms with Gasteiger partial charge in [-0.1, -0.05) is 38.5 Å². The molecule has 2 aromatic rings. The Morgan fingerprint density at radius 3 is 2.81 bits per heavy atom. The van der Waals surface area contributed by atoms with Crippen LogP contribution in [0.1, 0.15) is 45.4 Å².